The average Bonchev–Trinajstić information content (AvgIpc) is 2.44. The Morgan fingerprint density at radius 2 is 2.00 bits per heavy atom. The van der Waals surface area contributed by atoms with Crippen LogP contribution >= 0.6 is 0 Å². The van der Waals surface area contributed by atoms with Crippen LogP contribution in [0.1, 0.15) is 18.4 Å². The van der Waals surface area contributed by atoms with Gasteiger partial charge in [0.25, 0.3) is 0 Å². The maximum absolute atomic E-state index is 11.3. The molecule has 4 N–H and O–H groups in total. The number of amides is 1. The number of nitrogens with one attached hydrogen (secondary N) is 1. The molecule has 0 aromatic heterocycles. The fourth-order valence-corrected chi connectivity index (χ4v) is 1.77. The predicted molar refractivity (Wildman–Crippen MR) is 75.6 cm³/mol. The van der Waals surface area contributed by atoms with Gasteiger partial charge in [-0.15, -0.1) is 0 Å². The number of methoxy groups -OCH3 is 1. The summed E-state index contributed by atoms with van der Waals surface area (Å²) in [5.74, 6) is -2.08. The van der Waals surface area contributed by atoms with Gasteiger partial charge in [-0.25, -0.2) is 4.79 Å². The molecule has 0 heterocycles. The van der Waals surface area contributed by atoms with Crippen LogP contribution in [-0.4, -0.2) is 36.1 Å². The molecule has 0 aliphatic heterocycles. The van der Waals surface area contributed by atoms with Crippen molar-refractivity contribution in [1.82, 2.24) is 0 Å². The largest absolute Gasteiger partial charge is 0.480 e. The second-order valence-corrected chi connectivity index (χ2v) is 4.45. The molecule has 1 atom stereocenters. The summed E-state index contributed by atoms with van der Waals surface area (Å²) in [5, 5.41) is 12.0. The lowest BCUT2D eigenvalue weighted by Crippen LogP contribution is -2.31. The van der Waals surface area contributed by atoms with Gasteiger partial charge in [0.2, 0.25) is 5.91 Å². The molecule has 0 bridgehead atoms. The summed E-state index contributed by atoms with van der Waals surface area (Å²) >= 11 is 0. The van der Waals surface area contributed by atoms with Crippen molar-refractivity contribution in [3.63, 3.8) is 0 Å². The van der Waals surface area contributed by atoms with E-state index in [2.05, 4.69) is 10.1 Å². The first-order valence-electron chi connectivity index (χ1n) is 6.36. The van der Waals surface area contributed by atoms with E-state index in [9.17, 15) is 14.4 Å². The SMILES string of the molecule is COC(=O)Cc1ccccc1N[C@@H](CCC(N)=O)C(=O)O. The Hall–Kier alpha value is -2.57. The van der Waals surface area contributed by atoms with Crippen LogP contribution < -0.4 is 11.1 Å². The number of carboxylic acids is 1. The van der Waals surface area contributed by atoms with E-state index in [1.165, 1.54) is 7.11 Å². The molecule has 1 aromatic carbocycles. The van der Waals surface area contributed by atoms with Crippen molar-refractivity contribution < 1.29 is 24.2 Å². The second-order valence-electron chi connectivity index (χ2n) is 4.45. The van der Waals surface area contributed by atoms with E-state index < -0.39 is 23.9 Å². The summed E-state index contributed by atoms with van der Waals surface area (Å²) < 4.78 is 4.60. The van der Waals surface area contributed by atoms with Gasteiger partial charge in [0, 0.05) is 12.1 Å². The van der Waals surface area contributed by atoms with Gasteiger partial charge >= 0.3 is 11.9 Å². The Kier molecular flexibility index (Phi) is 6.19. The third-order valence-electron chi connectivity index (χ3n) is 2.89. The maximum Gasteiger partial charge on any atom is 0.326 e. The van der Waals surface area contributed by atoms with Gasteiger partial charge in [0.15, 0.2) is 0 Å². The number of carbonyl (C=O) groups is 3. The highest BCUT2D eigenvalue weighted by Crippen LogP contribution is 2.18. The minimum Gasteiger partial charge on any atom is -0.480 e. The number of ether oxygens (including phenoxy) is 1. The van der Waals surface area contributed by atoms with Crippen molar-refractivity contribution in [2.75, 3.05) is 12.4 Å². The molecule has 21 heavy (non-hydrogen) atoms. The Morgan fingerprint density at radius 1 is 1.33 bits per heavy atom. The number of hydrogen-bond acceptors (Lipinski definition) is 5. The van der Waals surface area contributed by atoms with Crippen LogP contribution in [0.3, 0.4) is 0 Å². The highest BCUT2D eigenvalue weighted by molar-refractivity contribution is 5.81. The Morgan fingerprint density at radius 3 is 2.57 bits per heavy atom. The summed E-state index contributed by atoms with van der Waals surface area (Å²) in [7, 11) is 1.28. The minimum atomic E-state index is -1.09. The summed E-state index contributed by atoms with van der Waals surface area (Å²) in [6, 6.07) is 5.86. The van der Waals surface area contributed by atoms with Crippen molar-refractivity contribution in [2.45, 2.75) is 25.3 Å². The molecule has 114 valence electrons. The fourth-order valence-electron chi connectivity index (χ4n) is 1.77. The van der Waals surface area contributed by atoms with Gasteiger partial charge in [0.05, 0.1) is 13.5 Å². The zero-order valence-electron chi connectivity index (χ0n) is 11.7. The first kappa shape index (κ1) is 16.5. The number of nitrogens with two attached hydrogens (primary N) is 1. The molecule has 7 nitrogen and oxygen atoms in total. The molecule has 0 spiro atoms. The van der Waals surface area contributed by atoms with Crippen molar-refractivity contribution >= 4 is 23.5 Å². The van der Waals surface area contributed by atoms with Gasteiger partial charge < -0.3 is 20.9 Å². The summed E-state index contributed by atoms with van der Waals surface area (Å²) in [5.41, 5.74) is 6.16. The molecule has 1 aromatic rings. The zero-order chi connectivity index (χ0) is 15.8. The average molecular weight is 294 g/mol. The number of aliphatic carboxylic acids is 1. The molecule has 7 heteroatoms. The molecule has 0 fully saturated rings. The number of benzene rings is 1. The molecule has 0 aliphatic rings. The van der Waals surface area contributed by atoms with E-state index in [0.717, 1.165) is 0 Å². The van der Waals surface area contributed by atoms with E-state index in [-0.39, 0.29) is 19.3 Å². The molecule has 0 saturated carbocycles. The maximum atomic E-state index is 11.3. The van der Waals surface area contributed by atoms with Gasteiger partial charge in [-0.3, -0.25) is 9.59 Å². The highest BCUT2D eigenvalue weighted by Gasteiger charge is 2.19. The number of carbonyl (C=O) groups excluding carboxylic acids is 2. The Balaban J connectivity index is 2.85. The lowest BCUT2D eigenvalue weighted by Gasteiger charge is -2.17. The zero-order valence-corrected chi connectivity index (χ0v) is 11.7. The van der Waals surface area contributed by atoms with E-state index in [1.54, 1.807) is 24.3 Å². The van der Waals surface area contributed by atoms with Crippen LogP contribution in [0.4, 0.5) is 5.69 Å². The number of anilines is 1. The normalized spacial score (nSPS) is 11.5. The van der Waals surface area contributed by atoms with E-state index in [0.29, 0.717) is 11.3 Å². The lowest BCUT2D eigenvalue weighted by atomic mass is 10.1. The Labute approximate surface area is 122 Å². The van der Waals surface area contributed by atoms with Crippen molar-refractivity contribution in [3.05, 3.63) is 29.8 Å². The van der Waals surface area contributed by atoms with Crippen LogP contribution in [0, 0.1) is 0 Å². The van der Waals surface area contributed by atoms with E-state index in [4.69, 9.17) is 10.8 Å². The van der Waals surface area contributed by atoms with Gasteiger partial charge in [0.1, 0.15) is 6.04 Å². The summed E-state index contributed by atoms with van der Waals surface area (Å²) in [4.78, 5) is 33.3. The van der Waals surface area contributed by atoms with Crippen LogP contribution in [0.2, 0.25) is 0 Å². The second kappa shape index (κ2) is 7.88. The van der Waals surface area contributed by atoms with Crippen LogP contribution in [-0.2, 0) is 25.5 Å². The number of rotatable bonds is 8. The first-order chi connectivity index (χ1) is 9.93. The molecule has 0 radical (unpaired) electrons. The first-order valence-corrected chi connectivity index (χ1v) is 6.36. The van der Waals surface area contributed by atoms with Gasteiger partial charge in [-0.05, 0) is 18.1 Å². The van der Waals surface area contributed by atoms with Crippen molar-refractivity contribution in [3.8, 4) is 0 Å². The molecular formula is C14H18N2O5. The molecule has 1 amide bonds. The molecule has 1 rings (SSSR count). The molecule has 0 aliphatic carbocycles. The smallest absolute Gasteiger partial charge is 0.326 e. The predicted octanol–water partition coefficient (Wildman–Crippen LogP) is 0.533. The third-order valence-corrected chi connectivity index (χ3v) is 2.89. The van der Waals surface area contributed by atoms with Gasteiger partial charge in [-0.1, -0.05) is 18.2 Å². The monoisotopic (exact) mass is 294 g/mol. The number of hydrogen-bond donors (Lipinski definition) is 3. The van der Waals surface area contributed by atoms with E-state index in [1.807, 2.05) is 0 Å². The highest BCUT2D eigenvalue weighted by atomic mass is 16.5. The molecule has 0 unspecified atom stereocenters. The van der Waals surface area contributed by atoms with Crippen molar-refractivity contribution in [1.29, 1.82) is 0 Å². The molecule has 0 saturated heterocycles. The topological polar surface area (TPSA) is 119 Å². The number of primary amides is 1. The minimum absolute atomic E-state index is 0.0296. The Bertz CT molecular complexity index is 530. The lowest BCUT2D eigenvalue weighted by molar-refractivity contribution is -0.140. The standard InChI is InChI=1S/C14H18N2O5/c1-21-13(18)8-9-4-2-3-5-10(9)16-11(14(19)20)6-7-12(15)17/h2-5,11,16H,6-8H2,1H3,(H2,15,17)(H,19,20)/t11-/m0/s1. The summed E-state index contributed by atoms with van der Waals surface area (Å²) in [6.07, 6.45) is 0.0577. The van der Waals surface area contributed by atoms with E-state index >= 15 is 0 Å². The molecular weight excluding hydrogens is 276 g/mol. The third kappa shape index (κ3) is 5.52. The van der Waals surface area contributed by atoms with Crippen LogP contribution in [0.15, 0.2) is 24.3 Å². The summed E-state index contributed by atoms with van der Waals surface area (Å²) in [6.45, 7) is 0. The number of para-hydroxylation sites is 1. The van der Waals surface area contributed by atoms with Crippen LogP contribution in [0.5, 0.6) is 0 Å². The van der Waals surface area contributed by atoms with Gasteiger partial charge in [-0.2, -0.15) is 0 Å². The fraction of sp³-hybridized carbons (Fsp3) is 0.357. The quantitative estimate of drug-likeness (QED) is 0.602. The van der Waals surface area contributed by atoms with Crippen molar-refractivity contribution in [2.24, 2.45) is 5.73 Å². The van der Waals surface area contributed by atoms with Crippen LogP contribution in [0.25, 0.3) is 0 Å². The number of carboxylic acid groups (broad SMARTS) is 1. The number of esters is 1.